The second-order valence-corrected chi connectivity index (χ2v) is 22.1. The van der Waals surface area contributed by atoms with Crippen LogP contribution in [0.25, 0.3) is 0 Å². The number of hydrogen-bond donors (Lipinski definition) is 2. The van der Waals surface area contributed by atoms with Crippen LogP contribution in [-0.4, -0.2) is 177 Å². The number of nitrogens with two attached hydrogens (primary N) is 2. The summed E-state index contributed by atoms with van der Waals surface area (Å²) in [5.74, 6) is -3.69. The van der Waals surface area contributed by atoms with Crippen LogP contribution in [0.1, 0.15) is 105 Å². The Hall–Kier alpha value is -4.00. The zero-order valence-corrected chi connectivity index (χ0v) is 72.5. The third-order valence-corrected chi connectivity index (χ3v) is 9.41. The maximum atomic E-state index is 11.5. The van der Waals surface area contributed by atoms with Gasteiger partial charge in [-0.25, -0.2) is 0 Å². The van der Waals surface area contributed by atoms with Gasteiger partial charge in [0, 0.05) is 96.6 Å². The molecule has 0 atom stereocenters. The van der Waals surface area contributed by atoms with E-state index in [4.69, 9.17) is 61.1 Å². The average Bonchev–Trinajstić information content (AvgIpc) is 0.883. The van der Waals surface area contributed by atoms with Crippen molar-refractivity contribution < 1.29 is 319 Å². The molecule has 0 saturated carbocycles. The molecule has 0 radical (unpaired) electrons. The number of rotatable bonds is 18. The molecule has 0 aromatic heterocycles. The van der Waals surface area contributed by atoms with Gasteiger partial charge in [-0.2, -0.15) is 0 Å². The molecule has 0 unspecified atom stereocenters. The van der Waals surface area contributed by atoms with Crippen molar-refractivity contribution in [3.05, 3.63) is 126 Å². The molecule has 108 heavy (non-hydrogen) atoms. The molecule has 0 aliphatic rings. The third-order valence-electron chi connectivity index (χ3n) is 9.41. The molecule has 0 bridgehead atoms. The Morgan fingerprint density at radius 1 is 0.361 bits per heavy atom. The van der Waals surface area contributed by atoms with E-state index in [9.17, 15) is 90.7 Å². The van der Waals surface area contributed by atoms with Gasteiger partial charge in [0.25, 0.3) is 0 Å². The zero-order chi connectivity index (χ0) is 79.8. The van der Waals surface area contributed by atoms with Gasteiger partial charge in [-0.1, -0.05) is 155 Å². The van der Waals surface area contributed by atoms with Crippen LogP contribution in [0, 0.1) is 207 Å². The average molecular weight is 2210 g/mol. The van der Waals surface area contributed by atoms with Gasteiger partial charge in [-0.05, 0) is 59.6 Å². The monoisotopic (exact) mass is 2210 g/mol. The van der Waals surface area contributed by atoms with Crippen molar-refractivity contribution in [3.8, 4) is 46.0 Å². The maximum Gasteiger partial charge on any atom is 3.00 e. The Bertz CT molecular complexity index is 2600. The first-order valence-corrected chi connectivity index (χ1v) is 29.0. The summed E-state index contributed by atoms with van der Waals surface area (Å²) in [5.41, 5.74) is 8.42. The molecule has 4 rings (SSSR count). The minimum atomic E-state index is -1.75. The summed E-state index contributed by atoms with van der Waals surface area (Å²) in [6.45, 7) is 19.1. The van der Waals surface area contributed by atoms with E-state index >= 15 is 0 Å². The van der Waals surface area contributed by atoms with Gasteiger partial charge in [0.2, 0.25) is 0 Å². The molecule has 44 heteroatoms. The van der Waals surface area contributed by atoms with E-state index in [0.717, 1.165) is 0 Å². The zero-order valence-electron chi connectivity index (χ0n) is 61.9. The summed E-state index contributed by atoms with van der Waals surface area (Å²) < 4.78 is 19.4. The number of ether oxygens (including phenoxy) is 4. The van der Waals surface area contributed by atoms with Crippen LogP contribution in [-0.2, 0) is 52.7 Å². The smallest absolute Gasteiger partial charge is 0.870 e. The number of carboxylic acids is 4. The topological polar surface area (TPSA) is 722 Å². The number of hydrogen-bond acceptors (Lipinski definition) is 36. The Morgan fingerprint density at radius 3 is 0.565 bits per heavy atom. The van der Waals surface area contributed by atoms with Crippen LogP contribution in [0.5, 0.6) is 46.0 Å². The molecule has 6 N–H and O–H groups in total. The van der Waals surface area contributed by atoms with Gasteiger partial charge in [0.1, 0.15) is 23.0 Å². The van der Waals surface area contributed by atoms with E-state index < -0.39 is 55.7 Å². The van der Waals surface area contributed by atoms with Crippen LogP contribution in [0.2, 0.25) is 0 Å². The number of carboxylic acid groups (broad SMARTS) is 4. The van der Waals surface area contributed by atoms with Crippen molar-refractivity contribution in [3.63, 3.8) is 0 Å². The van der Waals surface area contributed by atoms with Crippen LogP contribution < -0.4 is 102 Å². The van der Waals surface area contributed by atoms with Gasteiger partial charge in [-0.3, -0.25) is 20.0 Å². The molecule has 0 aliphatic carbocycles. The first-order chi connectivity index (χ1) is 46.2. The molecule has 38 nitrogen and oxygen atoms in total. The third kappa shape index (κ3) is 92.6. The Labute approximate surface area is 773 Å². The molecule has 0 amide bonds. The number of carbonyl (C=O) groups is 4. The predicted molar refractivity (Wildman–Crippen MR) is 349 cm³/mol. The van der Waals surface area contributed by atoms with Crippen LogP contribution in [0.4, 0.5) is 0 Å². The first kappa shape index (κ1) is 142. The number of para-hydroxylation sites is 4. The van der Waals surface area contributed by atoms with Gasteiger partial charge in [-0.15, -0.1) is 39.6 Å². The van der Waals surface area contributed by atoms with Gasteiger partial charge in [0.15, 0.2) is 0 Å². The molecule has 0 aliphatic heterocycles. The Morgan fingerprint density at radius 2 is 0.481 bits per heavy atom. The molecule has 0 heterocycles. The van der Waals surface area contributed by atoms with Crippen molar-refractivity contribution >= 4 is 48.7 Å². The number of aliphatic imine (C=N–C) groups is 4. The van der Waals surface area contributed by atoms with Crippen molar-refractivity contribution in [2.24, 2.45) is 53.1 Å². The Balaban J connectivity index is -0.0000000623. The number of nitrogens with zero attached hydrogens (tertiary/aromatic N) is 6. The van der Waals surface area contributed by atoms with Gasteiger partial charge in [0.05, 0.1) is 38.6 Å². The minimum absolute atomic E-state index is 0. The molecule has 4 aromatic rings. The fourth-order valence-electron chi connectivity index (χ4n) is 4.04. The van der Waals surface area contributed by atoms with E-state index in [1.54, 1.807) is 156 Å². The second kappa shape index (κ2) is 88.6. The summed E-state index contributed by atoms with van der Waals surface area (Å²) >= 11 is 0. The number of carbonyl (C=O) groups excluding carboxylic acids is 4. The molecule has 0 saturated heterocycles. The summed E-state index contributed by atoms with van der Waals surface area (Å²) in [5, 5.41) is 174. The number of aliphatic carboxylic acids is 4. The SMILES string of the molecule is CC(C)(C)C(=O)[O-].CC(C)(C)C(=O)[O-].CC(C)(C)C(=O)[O-].CC(C)(C)C(=O)[O-].COc1cccc(C=NCC[O-])c1[O-].COc1cccc(C=NCC[O-])c1[O-].COc1cccc(C=NCC[O-])c1[O-].COc1cccc(C=NCC[O-])c1[O-].NCC[O-].NCC[O-].O=[N+]([O-])[O-].O=[N+]([O-])[O-].[Co+3].[Co+3].[OH-].[OH-].[Tb+3].[Tb+3].[Tb+3].[Tb+3]. The van der Waals surface area contributed by atoms with Crippen LogP contribution in [0.3, 0.4) is 0 Å². The minimum Gasteiger partial charge on any atom is -0.870 e. The van der Waals surface area contributed by atoms with E-state index in [-0.39, 0.29) is 324 Å². The Kier molecular flexibility index (Phi) is 117. The number of benzene rings is 4. The van der Waals surface area contributed by atoms with Crippen LogP contribution in [0.15, 0.2) is 92.8 Å². The van der Waals surface area contributed by atoms with Crippen molar-refractivity contribution in [1.82, 2.24) is 0 Å². The van der Waals surface area contributed by atoms with Gasteiger partial charge < -0.3 is 163 Å². The molecule has 0 spiro atoms. The van der Waals surface area contributed by atoms with Crippen molar-refractivity contribution in [2.45, 2.75) is 83.1 Å². The fourth-order valence-corrected chi connectivity index (χ4v) is 4.04. The van der Waals surface area contributed by atoms with Crippen molar-refractivity contribution in [1.29, 1.82) is 0 Å². The fraction of sp³-hybridized carbons (Fsp3) is 0.500. The molecular formula is C64H94Co2N8O30Tb4. The summed E-state index contributed by atoms with van der Waals surface area (Å²) in [4.78, 5) is 71.4. The quantitative estimate of drug-likeness (QED) is 0.0531. The maximum absolute atomic E-state index is 11.5. The normalized spacial score (nSPS) is 9.48. The number of methoxy groups -OCH3 is 4. The van der Waals surface area contributed by atoms with E-state index in [0.29, 0.717) is 22.3 Å². The summed E-state index contributed by atoms with van der Waals surface area (Å²) in [6.07, 6.45) is 5.62. The van der Waals surface area contributed by atoms with Gasteiger partial charge >= 0.3 is 188 Å². The van der Waals surface area contributed by atoms with Crippen molar-refractivity contribution in [2.75, 3.05) is 107 Å². The van der Waals surface area contributed by atoms with E-state index in [2.05, 4.69) is 20.0 Å². The van der Waals surface area contributed by atoms with Crippen LogP contribution >= 0.6 is 0 Å². The molecule has 624 valence electrons. The standard InChI is InChI=1S/4C10H12NO3.4C5H10O2.2C2H6NO.2Co.2NO3.2H2O.4Tb/c4*1-14-9-4-2-3-8(10(9)13)7-11-5-6-12;4*1-5(2,3)4(6)7;2*3-1-2-4;;;2*2-1(3)4;;;;;;/h4*2-4,7,13H,5-6H2,1H3;4*1-3H3,(H,6,7);2*1-3H2;;;;;2*1H2;;;;/q4*-1;;;;;2*-1;2*+3;2*-1;;;4*+3/p-10. The van der Waals surface area contributed by atoms with E-state index in [1.807, 2.05) is 0 Å². The second-order valence-electron chi connectivity index (χ2n) is 22.1. The largest absolute Gasteiger partial charge is 3.00 e. The summed E-state index contributed by atoms with van der Waals surface area (Å²) in [7, 11) is 5.76. The first-order valence-electron chi connectivity index (χ1n) is 29.0. The summed E-state index contributed by atoms with van der Waals surface area (Å²) in [6, 6.07) is 19.7. The molecular weight excluding hydrogens is 2110 g/mol. The molecule has 4 aromatic carbocycles. The van der Waals surface area contributed by atoms with E-state index in [1.165, 1.54) is 53.3 Å². The predicted octanol–water partition coefficient (Wildman–Crippen LogP) is -6.90. The molecule has 0 fully saturated rings.